The Morgan fingerprint density at radius 1 is 1.35 bits per heavy atom. The van der Waals surface area contributed by atoms with Gasteiger partial charge < -0.3 is 10.6 Å². The van der Waals surface area contributed by atoms with Crippen LogP contribution in [0.1, 0.15) is 18.4 Å². The highest BCUT2D eigenvalue weighted by atomic mass is 79.9. The van der Waals surface area contributed by atoms with Crippen molar-refractivity contribution in [2.24, 2.45) is 5.73 Å². The van der Waals surface area contributed by atoms with Gasteiger partial charge in [0, 0.05) is 34.7 Å². The molecule has 20 heavy (non-hydrogen) atoms. The summed E-state index contributed by atoms with van der Waals surface area (Å²) in [7, 11) is 0. The predicted octanol–water partition coefficient (Wildman–Crippen LogP) is 3.08. The molecule has 1 aliphatic rings. The number of nitrogens with one attached hydrogen (secondary N) is 1. The topological polar surface area (TPSA) is 57.9 Å². The number of benzene rings is 1. The van der Waals surface area contributed by atoms with Crippen molar-refractivity contribution < 1.29 is 0 Å². The first-order valence-electron chi connectivity index (χ1n) is 6.96. The summed E-state index contributed by atoms with van der Waals surface area (Å²) in [6.45, 7) is 4.11. The van der Waals surface area contributed by atoms with Crippen LogP contribution in [0.25, 0.3) is 11.3 Å². The Bertz CT molecular complexity index is 600. The van der Waals surface area contributed by atoms with Crippen LogP contribution in [-0.2, 0) is 0 Å². The van der Waals surface area contributed by atoms with Crippen LogP contribution in [0.15, 0.2) is 28.7 Å². The van der Waals surface area contributed by atoms with Crippen molar-refractivity contribution in [1.82, 2.24) is 10.2 Å². The Labute approximate surface area is 127 Å². The summed E-state index contributed by atoms with van der Waals surface area (Å²) in [5.74, 6) is 1.06. The lowest BCUT2D eigenvalue weighted by atomic mass is 10.0. The van der Waals surface area contributed by atoms with E-state index >= 15 is 0 Å². The first-order chi connectivity index (χ1) is 9.65. The molecule has 5 heteroatoms. The lowest BCUT2D eigenvalue weighted by molar-refractivity contribution is 0.498. The van der Waals surface area contributed by atoms with Gasteiger partial charge in [-0.25, -0.2) is 0 Å². The van der Waals surface area contributed by atoms with Gasteiger partial charge in [-0.2, -0.15) is 5.10 Å². The summed E-state index contributed by atoms with van der Waals surface area (Å²) in [6, 6.07) is 8.62. The number of H-pyrrole nitrogens is 1. The molecule has 0 spiro atoms. The highest BCUT2D eigenvalue weighted by Crippen LogP contribution is 2.30. The lowest BCUT2D eigenvalue weighted by Crippen LogP contribution is -2.40. The van der Waals surface area contributed by atoms with Crippen molar-refractivity contribution in [3.8, 4) is 11.3 Å². The van der Waals surface area contributed by atoms with Crippen molar-refractivity contribution >= 4 is 21.7 Å². The second-order valence-corrected chi connectivity index (χ2v) is 6.30. The van der Waals surface area contributed by atoms with Crippen molar-refractivity contribution in [2.75, 3.05) is 18.0 Å². The van der Waals surface area contributed by atoms with Gasteiger partial charge in [-0.05, 0) is 31.9 Å². The number of halogens is 1. The fourth-order valence-corrected chi connectivity index (χ4v) is 3.13. The van der Waals surface area contributed by atoms with E-state index in [0.29, 0.717) is 6.04 Å². The maximum absolute atomic E-state index is 5.97. The van der Waals surface area contributed by atoms with Crippen LogP contribution in [0.5, 0.6) is 0 Å². The number of piperidine rings is 1. The van der Waals surface area contributed by atoms with Crippen LogP contribution in [0.2, 0.25) is 0 Å². The van der Waals surface area contributed by atoms with Crippen molar-refractivity contribution in [1.29, 1.82) is 0 Å². The first kappa shape index (κ1) is 13.6. The van der Waals surface area contributed by atoms with Gasteiger partial charge in [0.05, 0.1) is 5.69 Å². The standard InChI is InChI=1S/C15H19BrN4/c1-10-14(11-3-2-4-12(16)9-11)18-19-15(10)20-7-5-13(17)6-8-20/h2-4,9,13H,5-8,17H2,1H3,(H,18,19). The predicted molar refractivity (Wildman–Crippen MR) is 85.9 cm³/mol. The van der Waals surface area contributed by atoms with Crippen molar-refractivity contribution in [2.45, 2.75) is 25.8 Å². The van der Waals surface area contributed by atoms with Gasteiger partial charge in [0.25, 0.3) is 0 Å². The molecular weight excluding hydrogens is 316 g/mol. The Balaban J connectivity index is 1.89. The van der Waals surface area contributed by atoms with E-state index in [2.05, 4.69) is 50.1 Å². The van der Waals surface area contributed by atoms with E-state index in [0.717, 1.165) is 47.5 Å². The molecule has 1 aliphatic heterocycles. The third-order valence-corrected chi connectivity index (χ3v) is 4.43. The molecule has 2 aromatic rings. The molecule has 106 valence electrons. The van der Waals surface area contributed by atoms with Crippen LogP contribution in [-0.4, -0.2) is 29.3 Å². The average Bonchev–Trinajstić information content (AvgIpc) is 2.82. The number of aromatic amines is 1. The zero-order chi connectivity index (χ0) is 14.1. The number of nitrogens with two attached hydrogens (primary N) is 1. The number of anilines is 1. The summed E-state index contributed by atoms with van der Waals surface area (Å²) >= 11 is 3.52. The molecule has 1 aromatic carbocycles. The number of nitrogens with zero attached hydrogens (tertiary/aromatic N) is 2. The van der Waals surface area contributed by atoms with Gasteiger partial charge in [0.2, 0.25) is 0 Å². The number of hydrogen-bond donors (Lipinski definition) is 2. The summed E-state index contributed by atoms with van der Waals surface area (Å²) < 4.78 is 1.08. The van der Waals surface area contributed by atoms with E-state index in [4.69, 9.17) is 5.73 Å². The third kappa shape index (κ3) is 2.60. The van der Waals surface area contributed by atoms with Crippen LogP contribution in [0, 0.1) is 6.92 Å². The Morgan fingerprint density at radius 3 is 2.80 bits per heavy atom. The molecule has 0 atom stereocenters. The molecule has 0 unspecified atom stereocenters. The zero-order valence-corrected chi connectivity index (χ0v) is 13.2. The van der Waals surface area contributed by atoms with E-state index in [-0.39, 0.29) is 0 Å². The van der Waals surface area contributed by atoms with Gasteiger partial charge in [-0.15, -0.1) is 0 Å². The quantitative estimate of drug-likeness (QED) is 0.887. The summed E-state index contributed by atoms with van der Waals surface area (Å²) in [5, 5.41) is 7.70. The smallest absolute Gasteiger partial charge is 0.153 e. The van der Waals surface area contributed by atoms with Crippen LogP contribution < -0.4 is 10.6 Å². The van der Waals surface area contributed by atoms with E-state index in [9.17, 15) is 0 Å². The fraction of sp³-hybridized carbons (Fsp3) is 0.400. The summed E-state index contributed by atoms with van der Waals surface area (Å²) in [5.41, 5.74) is 9.42. The minimum atomic E-state index is 0.343. The largest absolute Gasteiger partial charge is 0.355 e. The number of aromatic nitrogens is 2. The third-order valence-electron chi connectivity index (χ3n) is 3.94. The normalized spacial score (nSPS) is 16.6. The Kier molecular flexibility index (Phi) is 3.81. The van der Waals surface area contributed by atoms with Gasteiger partial charge in [0.1, 0.15) is 0 Å². The molecule has 0 saturated carbocycles. The molecule has 3 rings (SSSR count). The SMILES string of the molecule is Cc1c(N2CCC(N)CC2)n[nH]c1-c1cccc(Br)c1. The van der Waals surface area contributed by atoms with Crippen LogP contribution in [0.4, 0.5) is 5.82 Å². The Hall–Kier alpha value is -1.33. The molecule has 2 heterocycles. The van der Waals surface area contributed by atoms with Gasteiger partial charge in [-0.1, -0.05) is 28.1 Å². The van der Waals surface area contributed by atoms with Crippen molar-refractivity contribution in [3.05, 3.63) is 34.3 Å². The van der Waals surface area contributed by atoms with Gasteiger partial charge in [-0.3, -0.25) is 5.10 Å². The van der Waals surface area contributed by atoms with E-state index < -0.39 is 0 Å². The molecule has 0 radical (unpaired) electrons. The molecule has 0 bridgehead atoms. The molecule has 1 fully saturated rings. The number of rotatable bonds is 2. The maximum Gasteiger partial charge on any atom is 0.153 e. The van der Waals surface area contributed by atoms with Crippen LogP contribution in [0.3, 0.4) is 0 Å². The monoisotopic (exact) mass is 334 g/mol. The average molecular weight is 335 g/mol. The molecule has 1 aromatic heterocycles. The number of hydrogen-bond acceptors (Lipinski definition) is 3. The van der Waals surface area contributed by atoms with E-state index in [1.54, 1.807) is 0 Å². The molecule has 4 nitrogen and oxygen atoms in total. The molecule has 0 aliphatic carbocycles. The molecule has 1 saturated heterocycles. The second kappa shape index (κ2) is 5.58. The Morgan fingerprint density at radius 2 is 2.10 bits per heavy atom. The second-order valence-electron chi connectivity index (χ2n) is 5.38. The highest BCUT2D eigenvalue weighted by molar-refractivity contribution is 9.10. The fourth-order valence-electron chi connectivity index (χ4n) is 2.73. The summed E-state index contributed by atoms with van der Waals surface area (Å²) in [6.07, 6.45) is 2.08. The minimum absolute atomic E-state index is 0.343. The van der Waals surface area contributed by atoms with Gasteiger partial charge >= 0.3 is 0 Å². The van der Waals surface area contributed by atoms with Gasteiger partial charge in [0.15, 0.2) is 5.82 Å². The molecular formula is C15H19BrN4. The highest BCUT2D eigenvalue weighted by Gasteiger charge is 2.21. The minimum Gasteiger partial charge on any atom is -0.355 e. The first-order valence-corrected chi connectivity index (χ1v) is 7.76. The zero-order valence-electron chi connectivity index (χ0n) is 11.6. The maximum atomic E-state index is 5.97. The summed E-state index contributed by atoms with van der Waals surface area (Å²) in [4.78, 5) is 2.33. The van der Waals surface area contributed by atoms with Crippen LogP contribution >= 0.6 is 15.9 Å². The van der Waals surface area contributed by atoms with E-state index in [1.165, 1.54) is 5.56 Å². The molecule has 0 amide bonds. The van der Waals surface area contributed by atoms with E-state index in [1.807, 2.05) is 12.1 Å². The molecule has 3 N–H and O–H groups in total. The van der Waals surface area contributed by atoms with Crippen molar-refractivity contribution in [3.63, 3.8) is 0 Å². The lowest BCUT2D eigenvalue weighted by Gasteiger charge is -2.30.